The van der Waals surface area contributed by atoms with Gasteiger partial charge < -0.3 is 9.88 Å². The number of halogens is 1. The molecule has 3 aromatic carbocycles. The summed E-state index contributed by atoms with van der Waals surface area (Å²) in [6, 6.07) is 21.8. The van der Waals surface area contributed by atoms with Crippen molar-refractivity contribution in [2.75, 3.05) is 10.2 Å². The van der Waals surface area contributed by atoms with E-state index in [1.165, 1.54) is 11.0 Å². The maximum Gasteiger partial charge on any atom is 0.270 e. The smallest absolute Gasteiger partial charge is 0.270 e. The zero-order valence-corrected chi connectivity index (χ0v) is 21.3. The molecule has 4 aromatic rings. The van der Waals surface area contributed by atoms with Crippen molar-refractivity contribution in [3.63, 3.8) is 0 Å². The van der Waals surface area contributed by atoms with E-state index in [2.05, 4.69) is 10.6 Å². The van der Waals surface area contributed by atoms with Gasteiger partial charge in [0, 0.05) is 33.4 Å². The molecule has 2 heterocycles. The molecule has 37 heavy (non-hydrogen) atoms. The lowest BCUT2D eigenvalue weighted by Crippen LogP contribution is -2.54. The van der Waals surface area contributed by atoms with Crippen LogP contribution in [0.25, 0.3) is 17.0 Å². The molecule has 0 aliphatic carbocycles. The monoisotopic (exact) mass is 528 g/mol. The molecule has 0 saturated carbocycles. The van der Waals surface area contributed by atoms with Crippen LogP contribution in [-0.4, -0.2) is 27.4 Å². The van der Waals surface area contributed by atoms with Crippen LogP contribution in [-0.2, 0) is 20.9 Å². The molecule has 1 aromatic heterocycles. The second-order valence-corrected chi connectivity index (χ2v) is 9.28. The van der Waals surface area contributed by atoms with Gasteiger partial charge in [0.2, 0.25) is 5.91 Å². The summed E-state index contributed by atoms with van der Waals surface area (Å²) in [6.07, 6.45) is 3.28. The fourth-order valence-electron chi connectivity index (χ4n) is 4.27. The topological polar surface area (TPSA) is 83.4 Å². The first kappa shape index (κ1) is 24.4. The molecule has 3 amide bonds. The lowest BCUT2D eigenvalue weighted by molar-refractivity contribution is -0.122. The van der Waals surface area contributed by atoms with E-state index in [9.17, 15) is 14.4 Å². The number of thiocarbonyl (C=S) groups is 1. The molecule has 5 rings (SSSR count). The molecule has 7 nitrogen and oxygen atoms in total. The van der Waals surface area contributed by atoms with Crippen LogP contribution in [0.5, 0.6) is 0 Å². The van der Waals surface area contributed by atoms with E-state index in [-0.39, 0.29) is 23.1 Å². The van der Waals surface area contributed by atoms with Gasteiger partial charge >= 0.3 is 0 Å². The van der Waals surface area contributed by atoms with Gasteiger partial charge in [0.05, 0.1) is 5.69 Å². The van der Waals surface area contributed by atoms with E-state index in [1.54, 1.807) is 35.9 Å². The highest BCUT2D eigenvalue weighted by molar-refractivity contribution is 7.80. The Balaban J connectivity index is 1.51. The molecule has 0 bridgehead atoms. The number of aromatic nitrogens is 1. The lowest BCUT2D eigenvalue weighted by Gasteiger charge is -2.30. The van der Waals surface area contributed by atoms with Gasteiger partial charge in [-0.15, -0.1) is 0 Å². The number of anilines is 2. The van der Waals surface area contributed by atoms with Gasteiger partial charge in [-0.2, -0.15) is 0 Å². The van der Waals surface area contributed by atoms with Crippen LogP contribution in [0.15, 0.2) is 84.6 Å². The minimum absolute atomic E-state index is 0.0162. The number of carbonyl (C=O) groups is 3. The van der Waals surface area contributed by atoms with Gasteiger partial charge in [-0.25, -0.2) is 0 Å². The van der Waals surface area contributed by atoms with E-state index in [0.29, 0.717) is 27.5 Å². The van der Waals surface area contributed by atoms with Crippen LogP contribution in [0.4, 0.5) is 11.4 Å². The summed E-state index contributed by atoms with van der Waals surface area (Å²) in [7, 11) is 0. The van der Waals surface area contributed by atoms with E-state index in [0.717, 1.165) is 10.9 Å². The van der Waals surface area contributed by atoms with Crippen molar-refractivity contribution in [2.24, 2.45) is 0 Å². The highest BCUT2D eigenvalue weighted by Gasteiger charge is 2.35. The van der Waals surface area contributed by atoms with Crippen LogP contribution in [0, 0.1) is 6.92 Å². The molecule has 0 unspecified atom stereocenters. The number of hydrogen-bond donors (Lipinski definition) is 2. The van der Waals surface area contributed by atoms with Gasteiger partial charge in [0.1, 0.15) is 12.1 Å². The first-order valence-corrected chi connectivity index (χ1v) is 12.2. The number of benzene rings is 3. The van der Waals surface area contributed by atoms with E-state index >= 15 is 0 Å². The fourth-order valence-corrected chi connectivity index (χ4v) is 4.71. The SMILES string of the molecule is Cc1c(Cl)cccc1N1C(=O)/C(=C\c2cn(CC(=O)Nc3ccccc3)c3ccccc23)C(=O)NC1=S. The minimum atomic E-state index is -0.593. The van der Waals surface area contributed by atoms with Crippen molar-refractivity contribution in [3.05, 3.63) is 101 Å². The van der Waals surface area contributed by atoms with Gasteiger partial charge in [-0.1, -0.05) is 54.1 Å². The number of hydrogen-bond acceptors (Lipinski definition) is 4. The highest BCUT2D eigenvalue weighted by atomic mass is 35.5. The summed E-state index contributed by atoms with van der Waals surface area (Å²) >= 11 is 11.6. The van der Waals surface area contributed by atoms with Gasteiger partial charge in [-0.3, -0.25) is 24.6 Å². The molecule has 0 spiro atoms. The third-order valence-electron chi connectivity index (χ3n) is 6.07. The molecular formula is C28H21ClN4O3S. The summed E-state index contributed by atoms with van der Waals surface area (Å²) in [6.45, 7) is 1.83. The van der Waals surface area contributed by atoms with Crippen LogP contribution in [0.1, 0.15) is 11.1 Å². The zero-order valence-electron chi connectivity index (χ0n) is 19.7. The van der Waals surface area contributed by atoms with Crippen LogP contribution < -0.4 is 15.5 Å². The summed E-state index contributed by atoms with van der Waals surface area (Å²) in [5.41, 5.74) is 3.19. The van der Waals surface area contributed by atoms with Crippen molar-refractivity contribution >= 4 is 75.0 Å². The standard InChI is InChI=1S/C28H21ClN4O3S/c1-17-22(29)11-7-13-23(17)33-27(36)21(26(35)31-28(33)37)14-18-15-32(24-12-6-5-10-20(18)24)16-25(34)30-19-8-3-2-4-9-19/h2-15H,16H2,1H3,(H,30,34)(H,31,35,37)/b21-14-. The van der Waals surface area contributed by atoms with E-state index in [1.807, 2.05) is 54.6 Å². The zero-order chi connectivity index (χ0) is 26.1. The molecule has 1 aliphatic heterocycles. The summed E-state index contributed by atoms with van der Waals surface area (Å²) in [5.74, 6) is -1.35. The van der Waals surface area contributed by atoms with Crippen LogP contribution in [0.2, 0.25) is 5.02 Å². The van der Waals surface area contributed by atoms with Crippen molar-refractivity contribution in [3.8, 4) is 0 Å². The van der Waals surface area contributed by atoms with Crippen molar-refractivity contribution in [1.29, 1.82) is 0 Å². The van der Waals surface area contributed by atoms with E-state index < -0.39 is 11.8 Å². The number of para-hydroxylation sites is 2. The largest absolute Gasteiger partial charge is 0.337 e. The Morgan fingerprint density at radius 2 is 1.76 bits per heavy atom. The Kier molecular flexibility index (Phi) is 6.60. The molecule has 9 heteroatoms. The normalized spacial score (nSPS) is 14.8. The molecule has 1 fully saturated rings. The summed E-state index contributed by atoms with van der Waals surface area (Å²) < 4.78 is 1.79. The number of nitrogens with zero attached hydrogens (tertiary/aromatic N) is 2. The summed E-state index contributed by atoms with van der Waals surface area (Å²) in [4.78, 5) is 40.4. The fraction of sp³-hybridized carbons (Fsp3) is 0.0714. The molecule has 0 radical (unpaired) electrons. The Morgan fingerprint density at radius 3 is 2.54 bits per heavy atom. The maximum atomic E-state index is 13.5. The Morgan fingerprint density at radius 1 is 1.03 bits per heavy atom. The van der Waals surface area contributed by atoms with Crippen molar-refractivity contribution in [2.45, 2.75) is 13.5 Å². The summed E-state index contributed by atoms with van der Waals surface area (Å²) in [5, 5.41) is 6.73. The molecular weight excluding hydrogens is 508 g/mol. The van der Waals surface area contributed by atoms with Gasteiger partial charge in [0.25, 0.3) is 11.8 Å². The van der Waals surface area contributed by atoms with Crippen molar-refractivity contribution in [1.82, 2.24) is 9.88 Å². The number of carbonyl (C=O) groups excluding carboxylic acids is 3. The number of rotatable bonds is 5. The number of nitrogens with one attached hydrogen (secondary N) is 2. The quantitative estimate of drug-likeness (QED) is 0.215. The first-order chi connectivity index (χ1) is 17.8. The average molecular weight is 529 g/mol. The highest BCUT2D eigenvalue weighted by Crippen LogP contribution is 2.31. The van der Waals surface area contributed by atoms with E-state index in [4.69, 9.17) is 23.8 Å². The maximum absolute atomic E-state index is 13.5. The predicted molar refractivity (Wildman–Crippen MR) is 149 cm³/mol. The first-order valence-electron chi connectivity index (χ1n) is 11.4. The Bertz CT molecular complexity index is 1610. The average Bonchev–Trinajstić information content (AvgIpc) is 3.21. The van der Waals surface area contributed by atoms with Crippen LogP contribution >= 0.6 is 23.8 Å². The van der Waals surface area contributed by atoms with Gasteiger partial charge in [-0.05, 0) is 61.1 Å². The second kappa shape index (κ2) is 10.0. The van der Waals surface area contributed by atoms with Crippen molar-refractivity contribution < 1.29 is 14.4 Å². The predicted octanol–water partition coefficient (Wildman–Crippen LogP) is 5.07. The molecule has 1 aliphatic rings. The molecule has 1 saturated heterocycles. The third-order valence-corrected chi connectivity index (χ3v) is 6.77. The Labute approximate surface area is 223 Å². The molecule has 0 atom stereocenters. The number of amides is 3. The Hall–Kier alpha value is -4.27. The minimum Gasteiger partial charge on any atom is -0.337 e. The second-order valence-electron chi connectivity index (χ2n) is 8.49. The van der Waals surface area contributed by atoms with Crippen LogP contribution in [0.3, 0.4) is 0 Å². The molecule has 2 N–H and O–H groups in total. The number of fused-ring (bicyclic) bond motifs is 1. The molecule has 184 valence electrons. The lowest BCUT2D eigenvalue weighted by atomic mass is 10.1. The van der Waals surface area contributed by atoms with Gasteiger partial charge in [0.15, 0.2) is 5.11 Å². The third kappa shape index (κ3) is 4.76.